The Balaban J connectivity index is 2.16. The molecule has 78 valence electrons. The van der Waals surface area contributed by atoms with E-state index in [0.717, 1.165) is 25.3 Å². The minimum Gasteiger partial charge on any atom is -0.381 e. The highest BCUT2D eigenvalue weighted by molar-refractivity contribution is 7.09. The van der Waals surface area contributed by atoms with Crippen LogP contribution in [-0.4, -0.2) is 18.2 Å². The SMILES string of the molecule is Cc1ncsc1C(NN)C1CCOC1. The van der Waals surface area contributed by atoms with Crippen molar-refractivity contribution in [3.8, 4) is 0 Å². The zero-order valence-corrected chi connectivity index (χ0v) is 9.01. The predicted octanol–water partition coefficient (Wildman–Crippen LogP) is 0.992. The summed E-state index contributed by atoms with van der Waals surface area (Å²) >= 11 is 1.66. The number of hydrogen-bond donors (Lipinski definition) is 2. The van der Waals surface area contributed by atoms with Crippen molar-refractivity contribution >= 4 is 11.3 Å². The second kappa shape index (κ2) is 4.35. The minimum absolute atomic E-state index is 0.199. The monoisotopic (exact) mass is 213 g/mol. The van der Waals surface area contributed by atoms with Crippen LogP contribution in [0.15, 0.2) is 5.51 Å². The van der Waals surface area contributed by atoms with Crippen LogP contribution in [0, 0.1) is 12.8 Å². The lowest BCUT2D eigenvalue weighted by atomic mass is 9.97. The number of nitrogens with one attached hydrogen (secondary N) is 1. The number of hydrogen-bond acceptors (Lipinski definition) is 5. The number of rotatable bonds is 3. The van der Waals surface area contributed by atoms with Gasteiger partial charge in [0, 0.05) is 17.4 Å². The van der Waals surface area contributed by atoms with E-state index in [-0.39, 0.29) is 6.04 Å². The smallest absolute Gasteiger partial charge is 0.0798 e. The van der Waals surface area contributed by atoms with Crippen LogP contribution in [0.5, 0.6) is 0 Å². The molecule has 1 saturated heterocycles. The average molecular weight is 213 g/mol. The maximum absolute atomic E-state index is 5.59. The van der Waals surface area contributed by atoms with Crippen LogP contribution in [0.25, 0.3) is 0 Å². The Bertz CT molecular complexity index is 296. The van der Waals surface area contributed by atoms with Crippen LogP contribution >= 0.6 is 11.3 Å². The van der Waals surface area contributed by atoms with Crippen LogP contribution in [0.3, 0.4) is 0 Å². The number of ether oxygens (including phenoxy) is 1. The molecule has 1 aromatic rings. The van der Waals surface area contributed by atoms with Gasteiger partial charge in [-0.05, 0) is 13.3 Å². The van der Waals surface area contributed by atoms with E-state index in [4.69, 9.17) is 10.6 Å². The lowest BCUT2D eigenvalue weighted by Gasteiger charge is -2.20. The van der Waals surface area contributed by atoms with Gasteiger partial charge in [-0.1, -0.05) is 0 Å². The molecule has 2 rings (SSSR count). The molecule has 2 unspecified atom stereocenters. The summed E-state index contributed by atoms with van der Waals surface area (Å²) in [4.78, 5) is 5.48. The second-order valence-electron chi connectivity index (χ2n) is 3.57. The summed E-state index contributed by atoms with van der Waals surface area (Å²) in [6.07, 6.45) is 1.08. The number of nitrogens with zero attached hydrogens (tertiary/aromatic N) is 1. The van der Waals surface area contributed by atoms with E-state index in [2.05, 4.69) is 10.4 Å². The van der Waals surface area contributed by atoms with Gasteiger partial charge in [0.05, 0.1) is 23.9 Å². The van der Waals surface area contributed by atoms with Gasteiger partial charge < -0.3 is 4.74 Å². The van der Waals surface area contributed by atoms with Crippen LogP contribution in [-0.2, 0) is 4.74 Å². The van der Waals surface area contributed by atoms with E-state index in [1.807, 2.05) is 12.4 Å². The molecular formula is C9H15N3OS. The molecule has 2 heterocycles. The first-order valence-corrected chi connectivity index (χ1v) is 5.64. The fourth-order valence-electron chi connectivity index (χ4n) is 1.85. The van der Waals surface area contributed by atoms with Crippen LogP contribution < -0.4 is 11.3 Å². The summed E-state index contributed by atoms with van der Waals surface area (Å²) in [5.74, 6) is 6.07. The molecule has 14 heavy (non-hydrogen) atoms. The van der Waals surface area contributed by atoms with E-state index >= 15 is 0 Å². The maximum atomic E-state index is 5.59. The van der Waals surface area contributed by atoms with Gasteiger partial charge in [0.1, 0.15) is 0 Å². The maximum Gasteiger partial charge on any atom is 0.0798 e. The van der Waals surface area contributed by atoms with Gasteiger partial charge in [-0.2, -0.15) is 0 Å². The minimum atomic E-state index is 0.199. The molecule has 0 radical (unpaired) electrons. The zero-order valence-electron chi connectivity index (χ0n) is 8.19. The Morgan fingerprint density at radius 1 is 1.79 bits per heavy atom. The van der Waals surface area contributed by atoms with E-state index in [1.54, 1.807) is 11.3 Å². The summed E-state index contributed by atoms with van der Waals surface area (Å²) in [5.41, 5.74) is 5.82. The molecule has 4 nitrogen and oxygen atoms in total. The summed E-state index contributed by atoms with van der Waals surface area (Å²) in [7, 11) is 0. The summed E-state index contributed by atoms with van der Waals surface area (Å²) in [5, 5.41) is 0. The van der Waals surface area contributed by atoms with Gasteiger partial charge in [0.15, 0.2) is 0 Å². The van der Waals surface area contributed by atoms with Crippen molar-refractivity contribution in [2.45, 2.75) is 19.4 Å². The molecule has 0 aromatic carbocycles. The quantitative estimate of drug-likeness (QED) is 0.581. The molecule has 1 aromatic heterocycles. The van der Waals surface area contributed by atoms with Crippen molar-refractivity contribution in [1.82, 2.24) is 10.4 Å². The second-order valence-corrected chi connectivity index (χ2v) is 4.46. The van der Waals surface area contributed by atoms with E-state index < -0.39 is 0 Å². The molecule has 0 bridgehead atoms. The lowest BCUT2D eigenvalue weighted by molar-refractivity contribution is 0.177. The number of thiazole rings is 1. The van der Waals surface area contributed by atoms with Crippen LogP contribution in [0.1, 0.15) is 23.0 Å². The Hall–Kier alpha value is -0.490. The molecule has 1 fully saturated rings. The van der Waals surface area contributed by atoms with E-state index in [9.17, 15) is 0 Å². The molecule has 2 atom stereocenters. The Kier molecular flexibility index (Phi) is 3.12. The molecular weight excluding hydrogens is 198 g/mol. The fourth-order valence-corrected chi connectivity index (χ4v) is 2.81. The summed E-state index contributed by atoms with van der Waals surface area (Å²) in [6, 6.07) is 0.199. The molecule has 0 saturated carbocycles. The fraction of sp³-hybridized carbons (Fsp3) is 0.667. The normalized spacial score (nSPS) is 24.0. The van der Waals surface area contributed by atoms with Crippen molar-refractivity contribution in [3.63, 3.8) is 0 Å². The van der Waals surface area contributed by atoms with Crippen molar-refractivity contribution < 1.29 is 4.74 Å². The lowest BCUT2D eigenvalue weighted by Crippen LogP contribution is -2.33. The molecule has 5 heteroatoms. The number of aromatic nitrogens is 1. The van der Waals surface area contributed by atoms with Crippen molar-refractivity contribution in [1.29, 1.82) is 0 Å². The van der Waals surface area contributed by atoms with Crippen molar-refractivity contribution in [3.05, 3.63) is 16.1 Å². The van der Waals surface area contributed by atoms with Gasteiger partial charge in [0.2, 0.25) is 0 Å². The van der Waals surface area contributed by atoms with Crippen LogP contribution in [0.2, 0.25) is 0 Å². The summed E-state index contributed by atoms with van der Waals surface area (Å²) in [6.45, 7) is 3.67. The third kappa shape index (κ3) is 1.81. The molecule has 0 aliphatic carbocycles. The van der Waals surface area contributed by atoms with Gasteiger partial charge >= 0.3 is 0 Å². The average Bonchev–Trinajstić information content (AvgIpc) is 2.80. The summed E-state index contributed by atoms with van der Waals surface area (Å²) < 4.78 is 5.37. The van der Waals surface area contributed by atoms with Gasteiger partial charge in [-0.15, -0.1) is 11.3 Å². The highest BCUT2D eigenvalue weighted by Crippen LogP contribution is 2.31. The van der Waals surface area contributed by atoms with Gasteiger partial charge in [-0.3, -0.25) is 11.3 Å². The molecule has 0 amide bonds. The van der Waals surface area contributed by atoms with E-state index in [1.165, 1.54) is 4.88 Å². The Morgan fingerprint density at radius 3 is 3.14 bits per heavy atom. The Labute approximate surface area is 87.4 Å². The number of nitrogens with two attached hydrogens (primary N) is 1. The molecule has 0 spiro atoms. The first-order chi connectivity index (χ1) is 6.83. The third-order valence-corrected chi connectivity index (χ3v) is 3.70. The highest BCUT2D eigenvalue weighted by atomic mass is 32.1. The predicted molar refractivity (Wildman–Crippen MR) is 55.8 cm³/mol. The molecule has 3 N–H and O–H groups in total. The molecule has 1 aliphatic rings. The topological polar surface area (TPSA) is 60.2 Å². The first-order valence-electron chi connectivity index (χ1n) is 4.76. The third-order valence-electron chi connectivity index (χ3n) is 2.68. The first kappa shape index (κ1) is 10.0. The zero-order chi connectivity index (χ0) is 9.97. The highest BCUT2D eigenvalue weighted by Gasteiger charge is 2.28. The van der Waals surface area contributed by atoms with E-state index in [0.29, 0.717) is 5.92 Å². The number of hydrazine groups is 1. The van der Waals surface area contributed by atoms with Crippen LogP contribution in [0.4, 0.5) is 0 Å². The number of aryl methyl sites for hydroxylation is 1. The largest absolute Gasteiger partial charge is 0.381 e. The van der Waals surface area contributed by atoms with Crippen molar-refractivity contribution in [2.75, 3.05) is 13.2 Å². The van der Waals surface area contributed by atoms with Crippen molar-refractivity contribution in [2.24, 2.45) is 11.8 Å². The van der Waals surface area contributed by atoms with Gasteiger partial charge in [-0.25, -0.2) is 4.98 Å². The Morgan fingerprint density at radius 2 is 2.64 bits per heavy atom. The molecule has 1 aliphatic heterocycles. The standard InChI is InChI=1S/C9H15N3OS/c1-6-9(14-5-11-6)8(12-10)7-2-3-13-4-7/h5,7-8,12H,2-4,10H2,1H3. The van der Waals surface area contributed by atoms with Gasteiger partial charge in [0.25, 0.3) is 0 Å².